The van der Waals surface area contributed by atoms with E-state index in [1.165, 1.54) is 11.0 Å². The topological polar surface area (TPSA) is 90.5 Å². The summed E-state index contributed by atoms with van der Waals surface area (Å²) < 4.78 is 0. The van der Waals surface area contributed by atoms with Gasteiger partial charge in [-0.05, 0) is 37.8 Å². The van der Waals surface area contributed by atoms with Crippen molar-refractivity contribution in [3.05, 3.63) is 33.7 Å². The highest BCUT2D eigenvalue weighted by atomic mass is 16.4. The summed E-state index contributed by atoms with van der Waals surface area (Å²) in [5, 5.41) is 9.53. The maximum atomic E-state index is 12.5. The van der Waals surface area contributed by atoms with Crippen molar-refractivity contribution in [2.45, 2.75) is 26.2 Å². The third-order valence-electron chi connectivity index (χ3n) is 4.87. The van der Waals surface area contributed by atoms with Gasteiger partial charge in [0.2, 0.25) is 0 Å². The zero-order chi connectivity index (χ0) is 15.2. The van der Waals surface area contributed by atoms with E-state index in [1.54, 1.807) is 13.0 Å². The highest BCUT2D eigenvalue weighted by Crippen LogP contribution is 2.49. The number of carboxylic acids is 1. The minimum atomic E-state index is -0.821. The summed E-state index contributed by atoms with van der Waals surface area (Å²) in [6, 6.07) is 3.19. The molecule has 2 N–H and O–H groups in total. The number of amides is 1. The zero-order valence-electron chi connectivity index (χ0n) is 11.9. The molecule has 2 atom stereocenters. The van der Waals surface area contributed by atoms with Gasteiger partial charge in [0.15, 0.2) is 0 Å². The molecule has 0 aromatic carbocycles. The number of aromatic amines is 1. The molecule has 6 nitrogen and oxygen atoms in total. The monoisotopic (exact) mass is 290 g/mol. The first kappa shape index (κ1) is 13.9. The Morgan fingerprint density at radius 3 is 2.81 bits per heavy atom. The fraction of sp³-hybridized carbons (Fsp3) is 0.533. The van der Waals surface area contributed by atoms with E-state index in [-0.39, 0.29) is 23.9 Å². The molecule has 3 rings (SSSR count). The number of nitrogens with one attached hydrogen (secondary N) is 1. The molecule has 1 aliphatic carbocycles. The molecule has 0 radical (unpaired) electrons. The molecule has 2 heterocycles. The average molecular weight is 290 g/mol. The molecule has 1 aromatic rings. The van der Waals surface area contributed by atoms with Crippen molar-refractivity contribution in [3.63, 3.8) is 0 Å². The maximum absolute atomic E-state index is 12.5. The highest BCUT2D eigenvalue weighted by molar-refractivity contribution is 5.94. The van der Waals surface area contributed by atoms with Crippen LogP contribution in [0.5, 0.6) is 0 Å². The van der Waals surface area contributed by atoms with Gasteiger partial charge in [-0.15, -0.1) is 0 Å². The van der Waals surface area contributed by atoms with E-state index in [0.717, 1.165) is 12.8 Å². The van der Waals surface area contributed by atoms with Crippen molar-refractivity contribution in [2.24, 2.45) is 11.3 Å². The number of H-pyrrole nitrogens is 1. The fourth-order valence-corrected chi connectivity index (χ4v) is 3.70. The van der Waals surface area contributed by atoms with Crippen LogP contribution in [0, 0.1) is 18.3 Å². The standard InChI is InChI=1S/C15H18N2O4/c1-9-4-5-11(12(18)16-9)13(19)17-7-10-3-2-6-15(10,8-17)14(20)21/h4-5,10H,2-3,6-8H2,1H3,(H,16,18)(H,20,21)/t10-,15+/m0/s1. The molecular weight excluding hydrogens is 272 g/mol. The number of carbonyl (C=O) groups is 2. The van der Waals surface area contributed by atoms with Crippen LogP contribution in [0.2, 0.25) is 0 Å². The maximum Gasteiger partial charge on any atom is 0.311 e. The van der Waals surface area contributed by atoms with Gasteiger partial charge in [0.05, 0.1) is 5.41 Å². The molecule has 1 aliphatic heterocycles. The molecule has 0 spiro atoms. The number of fused-ring (bicyclic) bond motifs is 1. The Labute approximate surface area is 121 Å². The zero-order valence-corrected chi connectivity index (χ0v) is 11.9. The van der Waals surface area contributed by atoms with E-state index in [9.17, 15) is 19.5 Å². The van der Waals surface area contributed by atoms with E-state index < -0.39 is 16.9 Å². The minimum absolute atomic E-state index is 0.00322. The van der Waals surface area contributed by atoms with Gasteiger partial charge in [0.25, 0.3) is 11.5 Å². The third kappa shape index (κ3) is 2.05. The number of hydrogen-bond donors (Lipinski definition) is 2. The number of carboxylic acid groups (broad SMARTS) is 1. The first-order valence-corrected chi connectivity index (χ1v) is 7.17. The van der Waals surface area contributed by atoms with E-state index >= 15 is 0 Å². The second kappa shape index (κ2) is 4.72. The predicted molar refractivity (Wildman–Crippen MR) is 75.1 cm³/mol. The Hall–Kier alpha value is -2.11. The molecule has 1 amide bonds. The lowest BCUT2D eigenvalue weighted by Crippen LogP contribution is -2.38. The second-order valence-electron chi connectivity index (χ2n) is 6.12. The molecule has 1 saturated carbocycles. The summed E-state index contributed by atoms with van der Waals surface area (Å²) in [5.74, 6) is -1.19. The number of aryl methyl sites for hydroxylation is 1. The van der Waals surface area contributed by atoms with Crippen molar-refractivity contribution < 1.29 is 14.7 Å². The summed E-state index contributed by atoms with van der Waals surface area (Å²) in [7, 11) is 0. The van der Waals surface area contributed by atoms with Crippen LogP contribution >= 0.6 is 0 Å². The van der Waals surface area contributed by atoms with Gasteiger partial charge in [-0.3, -0.25) is 14.4 Å². The minimum Gasteiger partial charge on any atom is -0.481 e. The Balaban J connectivity index is 1.88. The number of pyridine rings is 1. The molecular formula is C15H18N2O4. The lowest BCUT2D eigenvalue weighted by molar-refractivity contribution is -0.149. The average Bonchev–Trinajstić information content (AvgIpc) is 2.95. The van der Waals surface area contributed by atoms with E-state index in [4.69, 9.17) is 0 Å². The molecule has 0 unspecified atom stereocenters. The van der Waals surface area contributed by atoms with E-state index in [1.807, 2.05) is 0 Å². The van der Waals surface area contributed by atoms with Crippen molar-refractivity contribution in [1.82, 2.24) is 9.88 Å². The lowest BCUT2D eigenvalue weighted by Gasteiger charge is -2.23. The second-order valence-corrected chi connectivity index (χ2v) is 6.12. The number of rotatable bonds is 2. The van der Waals surface area contributed by atoms with E-state index in [0.29, 0.717) is 18.7 Å². The number of likely N-dealkylation sites (tertiary alicyclic amines) is 1. The van der Waals surface area contributed by atoms with Crippen LogP contribution in [-0.2, 0) is 4.79 Å². The summed E-state index contributed by atoms with van der Waals surface area (Å²) in [5.41, 5.74) is -0.452. The SMILES string of the molecule is Cc1ccc(C(=O)N2C[C@@H]3CCC[C@@]3(C(=O)O)C2)c(=O)[nH]1. The van der Waals surface area contributed by atoms with Gasteiger partial charge in [-0.2, -0.15) is 0 Å². The van der Waals surface area contributed by atoms with Gasteiger partial charge >= 0.3 is 5.97 Å². The quantitative estimate of drug-likeness (QED) is 0.850. The summed E-state index contributed by atoms with van der Waals surface area (Å²) in [6.45, 7) is 2.38. The Morgan fingerprint density at radius 2 is 2.19 bits per heavy atom. The van der Waals surface area contributed by atoms with Crippen molar-refractivity contribution in [3.8, 4) is 0 Å². The van der Waals surface area contributed by atoms with Crippen LogP contribution in [0.3, 0.4) is 0 Å². The van der Waals surface area contributed by atoms with Crippen molar-refractivity contribution in [2.75, 3.05) is 13.1 Å². The van der Waals surface area contributed by atoms with Crippen LogP contribution in [0.4, 0.5) is 0 Å². The lowest BCUT2D eigenvalue weighted by atomic mass is 9.81. The van der Waals surface area contributed by atoms with Gasteiger partial charge < -0.3 is 15.0 Å². The Morgan fingerprint density at radius 1 is 1.43 bits per heavy atom. The number of aliphatic carboxylic acids is 1. The van der Waals surface area contributed by atoms with Crippen LogP contribution in [0.15, 0.2) is 16.9 Å². The Kier molecular flexibility index (Phi) is 3.11. The summed E-state index contributed by atoms with van der Waals surface area (Å²) in [6.07, 6.45) is 2.34. The van der Waals surface area contributed by atoms with Gasteiger partial charge in [0, 0.05) is 18.8 Å². The van der Waals surface area contributed by atoms with Crippen LogP contribution in [-0.4, -0.2) is 40.0 Å². The first-order chi connectivity index (χ1) is 9.94. The van der Waals surface area contributed by atoms with E-state index in [2.05, 4.69) is 4.98 Å². The summed E-state index contributed by atoms with van der Waals surface area (Å²) in [4.78, 5) is 40.1. The molecule has 21 heavy (non-hydrogen) atoms. The first-order valence-electron chi connectivity index (χ1n) is 7.17. The van der Waals surface area contributed by atoms with Crippen molar-refractivity contribution >= 4 is 11.9 Å². The molecule has 2 aliphatic rings. The van der Waals surface area contributed by atoms with Crippen molar-refractivity contribution in [1.29, 1.82) is 0 Å². The molecule has 112 valence electrons. The molecule has 0 bridgehead atoms. The van der Waals surface area contributed by atoms with Gasteiger partial charge in [-0.1, -0.05) is 6.42 Å². The Bertz CT molecular complexity index is 666. The van der Waals surface area contributed by atoms with Crippen LogP contribution < -0.4 is 5.56 Å². The fourth-order valence-electron chi connectivity index (χ4n) is 3.70. The third-order valence-corrected chi connectivity index (χ3v) is 4.87. The predicted octanol–water partition coefficient (Wildman–Crippen LogP) is 1.01. The number of carbonyl (C=O) groups excluding carboxylic acids is 1. The molecule has 1 saturated heterocycles. The molecule has 2 fully saturated rings. The van der Waals surface area contributed by atoms with Gasteiger partial charge in [-0.25, -0.2) is 0 Å². The smallest absolute Gasteiger partial charge is 0.311 e. The highest BCUT2D eigenvalue weighted by Gasteiger charge is 2.55. The largest absolute Gasteiger partial charge is 0.481 e. The number of nitrogens with zero attached hydrogens (tertiary/aromatic N) is 1. The van der Waals surface area contributed by atoms with Gasteiger partial charge in [0.1, 0.15) is 5.56 Å². The molecule has 6 heteroatoms. The number of aromatic nitrogens is 1. The normalized spacial score (nSPS) is 27.7. The van der Waals surface area contributed by atoms with Crippen LogP contribution in [0.1, 0.15) is 35.3 Å². The van der Waals surface area contributed by atoms with Crippen LogP contribution in [0.25, 0.3) is 0 Å². The molecule has 1 aromatic heterocycles. The summed E-state index contributed by atoms with van der Waals surface area (Å²) >= 11 is 0. The number of hydrogen-bond acceptors (Lipinski definition) is 3.